The molecule has 0 fully saturated rings. The van der Waals surface area contributed by atoms with Crippen molar-refractivity contribution in [2.45, 2.75) is 54.4 Å². The van der Waals surface area contributed by atoms with Crippen LogP contribution in [0.15, 0.2) is 0 Å². The van der Waals surface area contributed by atoms with Gasteiger partial charge in [0.1, 0.15) is 0 Å². The van der Waals surface area contributed by atoms with E-state index in [0.29, 0.717) is 5.92 Å². The maximum Gasteiger partial charge on any atom is 0.0494 e. The fourth-order valence-electron chi connectivity index (χ4n) is 2.97. The van der Waals surface area contributed by atoms with Gasteiger partial charge >= 0.3 is 0 Å². The number of aromatic nitrogens is 1. The molecule has 0 aliphatic rings. The van der Waals surface area contributed by atoms with Crippen LogP contribution in [0.3, 0.4) is 0 Å². The summed E-state index contributed by atoms with van der Waals surface area (Å²) in [6.45, 7) is 15.7. The molecule has 17 heavy (non-hydrogen) atoms. The van der Waals surface area contributed by atoms with Crippen LogP contribution in [-0.2, 0) is 0 Å². The number of hydrogen-bond acceptors (Lipinski definition) is 0. The van der Waals surface area contributed by atoms with Gasteiger partial charge in [-0.15, -0.1) is 0 Å². The van der Waals surface area contributed by atoms with E-state index in [-0.39, 0.29) is 0 Å². The number of rotatable bonds is 1. The van der Waals surface area contributed by atoms with Gasteiger partial charge in [0.2, 0.25) is 0 Å². The van der Waals surface area contributed by atoms with Gasteiger partial charge in [-0.05, 0) is 68.4 Å². The zero-order valence-corrected chi connectivity index (χ0v) is 12.1. The van der Waals surface area contributed by atoms with E-state index in [1.807, 2.05) is 0 Å². The van der Waals surface area contributed by atoms with E-state index in [2.05, 4.69) is 53.5 Å². The third kappa shape index (κ3) is 1.60. The van der Waals surface area contributed by atoms with E-state index in [4.69, 9.17) is 0 Å². The maximum absolute atomic E-state index is 3.59. The van der Waals surface area contributed by atoms with Gasteiger partial charge in [0.05, 0.1) is 0 Å². The van der Waals surface area contributed by atoms with Crippen molar-refractivity contribution < 1.29 is 0 Å². The first-order valence-corrected chi connectivity index (χ1v) is 6.44. The number of nitrogens with one attached hydrogen (secondary N) is 1. The van der Waals surface area contributed by atoms with E-state index >= 15 is 0 Å². The molecule has 0 amide bonds. The van der Waals surface area contributed by atoms with Crippen molar-refractivity contribution in [2.75, 3.05) is 0 Å². The molecule has 0 bridgehead atoms. The van der Waals surface area contributed by atoms with Crippen LogP contribution in [0.25, 0.3) is 10.9 Å². The van der Waals surface area contributed by atoms with Crippen molar-refractivity contribution in [1.29, 1.82) is 0 Å². The standard InChI is InChI=1S/C16H23N/c1-8(2)14-13(7)17-16-12(6)10(4)9(3)11(5)15(14)16/h8,17H,1-7H3. The molecule has 1 aromatic heterocycles. The Morgan fingerprint density at radius 2 is 1.29 bits per heavy atom. The summed E-state index contributed by atoms with van der Waals surface area (Å²) < 4.78 is 0. The molecule has 0 aliphatic carbocycles. The lowest BCUT2D eigenvalue weighted by Gasteiger charge is -2.13. The Morgan fingerprint density at radius 3 is 1.82 bits per heavy atom. The Labute approximate surface area is 104 Å². The predicted octanol–water partition coefficient (Wildman–Crippen LogP) is 4.83. The molecular formula is C16H23N. The van der Waals surface area contributed by atoms with Crippen LogP contribution in [0.2, 0.25) is 0 Å². The SMILES string of the molecule is Cc1[nH]c2c(C)c(C)c(C)c(C)c2c1C(C)C. The fourth-order valence-corrected chi connectivity index (χ4v) is 2.97. The minimum atomic E-state index is 0.573. The molecule has 0 unspecified atom stereocenters. The lowest BCUT2D eigenvalue weighted by atomic mass is 9.90. The first-order valence-electron chi connectivity index (χ1n) is 6.44. The van der Waals surface area contributed by atoms with Crippen molar-refractivity contribution in [1.82, 2.24) is 4.98 Å². The monoisotopic (exact) mass is 229 g/mol. The number of fused-ring (bicyclic) bond motifs is 1. The number of benzene rings is 1. The largest absolute Gasteiger partial charge is 0.358 e. The van der Waals surface area contributed by atoms with E-state index < -0.39 is 0 Å². The minimum absolute atomic E-state index is 0.573. The smallest absolute Gasteiger partial charge is 0.0494 e. The summed E-state index contributed by atoms with van der Waals surface area (Å²) in [4.78, 5) is 3.59. The lowest BCUT2D eigenvalue weighted by Crippen LogP contribution is -1.95. The van der Waals surface area contributed by atoms with Gasteiger partial charge in [0.25, 0.3) is 0 Å². The van der Waals surface area contributed by atoms with Gasteiger partial charge in [-0.2, -0.15) is 0 Å². The Bertz CT molecular complexity index is 586. The molecule has 1 aromatic carbocycles. The molecule has 1 heteroatoms. The molecule has 92 valence electrons. The Kier molecular flexibility index (Phi) is 2.81. The Balaban J connectivity index is 3.02. The van der Waals surface area contributed by atoms with Gasteiger partial charge < -0.3 is 4.98 Å². The molecule has 2 rings (SSSR count). The van der Waals surface area contributed by atoms with Crippen molar-refractivity contribution in [3.63, 3.8) is 0 Å². The molecule has 0 saturated heterocycles. The normalized spacial score (nSPS) is 11.8. The van der Waals surface area contributed by atoms with Crippen LogP contribution >= 0.6 is 0 Å². The number of hydrogen-bond donors (Lipinski definition) is 1. The number of aromatic amines is 1. The molecule has 0 atom stereocenters. The summed E-state index contributed by atoms with van der Waals surface area (Å²) in [7, 11) is 0. The quantitative estimate of drug-likeness (QED) is 0.720. The third-order valence-corrected chi connectivity index (χ3v) is 4.25. The van der Waals surface area contributed by atoms with Gasteiger partial charge in [0.15, 0.2) is 0 Å². The molecular weight excluding hydrogens is 206 g/mol. The Morgan fingerprint density at radius 1 is 0.765 bits per heavy atom. The maximum atomic E-state index is 3.59. The summed E-state index contributed by atoms with van der Waals surface area (Å²) in [5.74, 6) is 0.573. The highest BCUT2D eigenvalue weighted by Gasteiger charge is 2.17. The first kappa shape index (κ1) is 12.2. The van der Waals surface area contributed by atoms with E-state index in [1.54, 1.807) is 0 Å². The molecule has 0 aliphatic heterocycles. The first-order chi connectivity index (χ1) is 7.86. The molecule has 0 radical (unpaired) electrons. The second-order valence-electron chi connectivity index (χ2n) is 5.57. The minimum Gasteiger partial charge on any atom is -0.358 e. The average molecular weight is 229 g/mol. The van der Waals surface area contributed by atoms with Crippen molar-refractivity contribution in [2.24, 2.45) is 0 Å². The summed E-state index contributed by atoms with van der Waals surface area (Å²) >= 11 is 0. The molecule has 0 saturated carbocycles. The average Bonchev–Trinajstić information content (AvgIpc) is 2.61. The second-order valence-corrected chi connectivity index (χ2v) is 5.57. The molecule has 1 N–H and O–H groups in total. The highest BCUT2D eigenvalue weighted by atomic mass is 14.7. The lowest BCUT2D eigenvalue weighted by molar-refractivity contribution is 0.863. The van der Waals surface area contributed by atoms with Crippen LogP contribution in [-0.4, -0.2) is 4.98 Å². The molecule has 2 aromatic rings. The van der Waals surface area contributed by atoms with Crippen molar-refractivity contribution >= 4 is 10.9 Å². The van der Waals surface area contributed by atoms with E-state index in [1.165, 1.54) is 44.4 Å². The molecule has 0 spiro atoms. The molecule has 1 nitrogen and oxygen atoms in total. The van der Waals surface area contributed by atoms with Crippen molar-refractivity contribution in [3.8, 4) is 0 Å². The third-order valence-electron chi connectivity index (χ3n) is 4.25. The highest BCUT2D eigenvalue weighted by Crippen LogP contribution is 2.36. The van der Waals surface area contributed by atoms with Gasteiger partial charge in [-0.3, -0.25) is 0 Å². The zero-order valence-electron chi connectivity index (χ0n) is 12.1. The van der Waals surface area contributed by atoms with Crippen LogP contribution in [0.4, 0.5) is 0 Å². The van der Waals surface area contributed by atoms with Crippen LogP contribution < -0.4 is 0 Å². The van der Waals surface area contributed by atoms with Crippen LogP contribution in [0.5, 0.6) is 0 Å². The van der Waals surface area contributed by atoms with Crippen LogP contribution in [0, 0.1) is 34.6 Å². The summed E-state index contributed by atoms with van der Waals surface area (Å²) in [6.07, 6.45) is 0. The Hall–Kier alpha value is -1.24. The second kappa shape index (κ2) is 3.90. The summed E-state index contributed by atoms with van der Waals surface area (Å²) in [5, 5.41) is 1.46. The summed E-state index contributed by atoms with van der Waals surface area (Å²) in [6, 6.07) is 0. The highest BCUT2D eigenvalue weighted by molar-refractivity contribution is 5.92. The predicted molar refractivity (Wildman–Crippen MR) is 76.1 cm³/mol. The van der Waals surface area contributed by atoms with E-state index in [9.17, 15) is 0 Å². The summed E-state index contributed by atoms with van der Waals surface area (Å²) in [5.41, 5.74) is 9.86. The van der Waals surface area contributed by atoms with Gasteiger partial charge in [-0.1, -0.05) is 13.8 Å². The van der Waals surface area contributed by atoms with Gasteiger partial charge in [0, 0.05) is 16.6 Å². The van der Waals surface area contributed by atoms with E-state index in [0.717, 1.165) is 0 Å². The number of aryl methyl sites for hydroxylation is 3. The topological polar surface area (TPSA) is 15.8 Å². The van der Waals surface area contributed by atoms with Gasteiger partial charge in [-0.25, -0.2) is 0 Å². The zero-order chi connectivity index (χ0) is 12.9. The molecule has 1 heterocycles. The fraction of sp³-hybridized carbons (Fsp3) is 0.500. The number of H-pyrrole nitrogens is 1. The van der Waals surface area contributed by atoms with Crippen molar-refractivity contribution in [3.05, 3.63) is 33.5 Å². The van der Waals surface area contributed by atoms with Crippen LogP contribution in [0.1, 0.15) is 53.3 Å².